The second-order valence-electron chi connectivity index (χ2n) is 8.03. The Labute approximate surface area is 219 Å². The lowest BCUT2D eigenvalue weighted by Crippen LogP contribution is -2.35. The summed E-state index contributed by atoms with van der Waals surface area (Å²) in [6.45, 7) is 4.20. The maximum Gasteiger partial charge on any atom is 0.442 e. The number of aliphatic imine (C=N–C) groups is 1. The molecule has 186 valence electrons. The number of hydrogen-bond acceptors (Lipinski definition) is 8. The molecule has 2 aliphatic rings. The molecule has 3 aromatic rings. The average Bonchev–Trinajstić information content (AvgIpc) is 3.31. The third-order valence-corrected chi connectivity index (χ3v) is 8.96. The Kier molecular flexibility index (Phi) is 6.32. The summed E-state index contributed by atoms with van der Waals surface area (Å²) in [5.74, 6) is -1.55. The van der Waals surface area contributed by atoms with Crippen molar-refractivity contribution in [1.82, 2.24) is 4.98 Å². The second-order valence-corrected chi connectivity index (χ2v) is 11.2. The molecule has 0 atom stereocenters. The number of carbonyl (C=O) groups excluding carboxylic acids is 2. The van der Waals surface area contributed by atoms with E-state index in [-0.39, 0.29) is 0 Å². The van der Waals surface area contributed by atoms with Crippen molar-refractivity contribution >= 4 is 73.1 Å². The van der Waals surface area contributed by atoms with Gasteiger partial charge in [-0.3, -0.25) is 4.98 Å². The van der Waals surface area contributed by atoms with Gasteiger partial charge in [0.05, 0.1) is 28.4 Å². The number of hydrogen-bond donors (Lipinski definition) is 0. The molecule has 0 aliphatic carbocycles. The number of halogens is 2. The Morgan fingerprint density at radius 1 is 1.08 bits per heavy atom. The van der Waals surface area contributed by atoms with Gasteiger partial charge in [0, 0.05) is 40.3 Å². The van der Waals surface area contributed by atoms with Gasteiger partial charge in [0.1, 0.15) is 5.75 Å². The molecule has 36 heavy (non-hydrogen) atoms. The monoisotopic (exact) mass is 545 g/mol. The van der Waals surface area contributed by atoms with Gasteiger partial charge in [-0.05, 0) is 60.3 Å². The van der Waals surface area contributed by atoms with Gasteiger partial charge >= 0.3 is 11.9 Å². The molecule has 1 fully saturated rings. The van der Waals surface area contributed by atoms with E-state index in [1.807, 2.05) is 30.0 Å². The minimum atomic E-state index is -3.04. The molecule has 0 bridgehead atoms. The van der Waals surface area contributed by atoms with Crippen molar-refractivity contribution in [2.24, 2.45) is 4.99 Å². The quantitative estimate of drug-likeness (QED) is 0.349. The molecular formula is C25H21Cl2N3O5S. The van der Waals surface area contributed by atoms with Crippen LogP contribution in [0.15, 0.2) is 58.7 Å². The minimum Gasteiger partial charge on any atom is -0.495 e. The van der Waals surface area contributed by atoms with Crippen LogP contribution < -0.4 is 9.64 Å². The maximum absolute atomic E-state index is 12.4. The zero-order valence-corrected chi connectivity index (χ0v) is 21.9. The summed E-state index contributed by atoms with van der Waals surface area (Å²) in [7, 11) is -1.46. The van der Waals surface area contributed by atoms with Crippen molar-refractivity contribution in [3.8, 4) is 5.75 Å². The molecule has 0 saturated carbocycles. The fourth-order valence-corrected chi connectivity index (χ4v) is 7.10. The van der Waals surface area contributed by atoms with Crippen molar-refractivity contribution in [2.75, 3.05) is 18.6 Å². The number of fused-ring (bicyclic) bond motifs is 1. The lowest BCUT2D eigenvalue weighted by molar-refractivity contribution is -0.150. The molecule has 1 spiro atoms. The van der Waals surface area contributed by atoms with Crippen LogP contribution in [0.3, 0.4) is 0 Å². The first-order valence-corrected chi connectivity index (χ1v) is 13.3. The molecule has 0 radical (unpaired) electrons. The number of nitrogens with zero attached hydrogens (tertiary/aromatic N) is 3. The molecule has 8 nitrogen and oxygen atoms in total. The van der Waals surface area contributed by atoms with Crippen LogP contribution in [0.1, 0.15) is 25.8 Å². The molecule has 2 aromatic carbocycles. The van der Waals surface area contributed by atoms with Crippen LogP contribution in [0.25, 0.3) is 16.5 Å². The van der Waals surface area contributed by atoms with Crippen LogP contribution in [0.2, 0.25) is 10.0 Å². The highest BCUT2D eigenvalue weighted by Gasteiger charge is 2.53. The fraction of sp³-hybridized carbons (Fsp3) is 0.200. The van der Waals surface area contributed by atoms with Gasteiger partial charge in [0.25, 0.3) is 0 Å². The Morgan fingerprint density at radius 2 is 1.83 bits per heavy atom. The van der Waals surface area contributed by atoms with E-state index in [1.165, 1.54) is 0 Å². The van der Waals surface area contributed by atoms with Gasteiger partial charge in [-0.1, -0.05) is 30.1 Å². The number of anilines is 1. The lowest BCUT2D eigenvalue weighted by Gasteiger charge is -2.39. The van der Waals surface area contributed by atoms with Gasteiger partial charge in [0.2, 0.25) is 5.17 Å². The summed E-state index contributed by atoms with van der Waals surface area (Å²) in [5.41, 5.74) is 1.72. The normalized spacial score (nSPS) is 17.3. The molecule has 2 aliphatic heterocycles. The molecular weight excluding hydrogens is 525 g/mol. The number of rotatable bonds is 5. The average molecular weight is 546 g/mol. The summed E-state index contributed by atoms with van der Waals surface area (Å²) >= 11 is 12.6. The summed E-state index contributed by atoms with van der Waals surface area (Å²) in [6.07, 6.45) is 4.14. The molecule has 11 heteroatoms. The van der Waals surface area contributed by atoms with E-state index < -0.39 is 22.5 Å². The zero-order valence-electron chi connectivity index (χ0n) is 19.6. The highest BCUT2D eigenvalue weighted by atomic mass is 35.5. The first-order valence-electron chi connectivity index (χ1n) is 11.0. The molecule has 0 N–H and O–H groups in total. The molecule has 0 unspecified atom stereocenters. The highest BCUT2D eigenvalue weighted by molar-refractivity contribution is 8.42. The van der Waals surface area contributed by atoms with Crippen molar-refractivity contribution in [3.63, 3.8) is 0 Å². The number of allylic oxidation sites excluding steroid dienone is 1. The third-order valence-electron chi connectivity index (χ3n) is 5.85. The smallest absolute Gasteiger partial charge is 0.442 e. The molecule has 1 saturated heterocycles. The fourth-order valence-electron chi connectivity index (χ4n) is 4.24. The van der Waals surface area contributed by atoms with Crippen molar-refractivity contribution in [2.45, 2.75) is 20.3 Å². The Hall–Kier alpha value is -3.27. The van der Waals surface area contributed by atoms with E-state index in [9.17, 15) is 9.59 Å². The van der Waals surface area contributed by atoms with Gasteiger partial charge in [-0.2, -0.15) is 0 Å². The number of amidine groups is 1. The molecule has 3 heterocycles. The Balaban J connectivity index is 1.78. The number of benzene rings is 2. The molecule has 0 amide bonds. The Bertz CT molecular complexity index is 1470. The van der Waals surface area contributed by atoms with Crippen molar-refractivity contribution < 1.29 is 22.7 Å². The van der Waals surface area contributed by atoms with Crippen LogP contribution in [0.5, 0.6) is 5.75 Å². The van der Waals surface area contributed by atoms with Gasteiger partial charge < -0.3 is 18.0 Å². The number of carbonyl (C=O) groups is 2. The first kappa shape index (κ1) is 24.4. The highest BCUT2D eigenvalue weighted by Crippen LogP contribution is 2.68. The predicted octanol–water partition coefficient (Wildman–Crippen LogP) is 6.26. The minimum absolute atomic E-state index is 0.296. The van der Waals surface area contributed by atoms with E-state index in [1.54, 1.807) is 44.6 Å². The van der Waals surface area contributed by atoms with Crippen LogP contribution in [-0.2, 0) is 18.0 Å². The van der Waals surface area contributed by atoms with Gasteiger partial charge in [0.15, 0.2) is 0 Å². The number of methoxy groups -OCH3 is 1. The van der Waals surface area contributed by atoms with Crippen molar-refractivity contribution in [3.05, 3.63) is 69.3 Å². The molecule has 5 rings (SSSR count). The van der Waals surface area contributed by atoms with Crippen LogP contribution in [0, 0.1) is 0 Å². The van der Waals surface area contributed by atoms with Crippen LogP contribution in [0.4, 0.5) is 5.69 Å². The van der Waals surface area contributed by atoms with Gasteiger partial charge in [-0.15, -0.1) is 0 Å². The number of ether oxygens (including phenoxy) is 1. The standard InChI is InChI=1S/C25H21Cl2N3O5S/c1-4-11-30(22-17-9-10-28-13-15(17)5-8-20(22)33-3)25-29-21(18-7-6-16(26)12-19(18)27)14(2)36(25)34-23(31)24(32)35-36/h5-10,12-13H,4,11H2,1-3H3. The predicted molar refractivity (Wildman–Crippen MR) is 142 cm³/mol. The van der Waals surface area contributed by atoms with E-state index in [0.29, 0.717) is 55.8 Å². The largest absolute Gasteiger partial charge is 0.495 e. The maximum atomic E-state index is 12.4. The van der Waals surface area contributed by atoms with Crippen LogP contribution in [-0.4, -0.2) is 35.7 Å². The van der Waals surface area contributed by atoms with Crippen molar-refractivity contribution in [1.29, 1.82) is 0 Å². The van der Waals surface area contributed by atoms with E-state index in [4.69, 9.17) is 41.3 Å². The third kappa shape index (κ3) is 3.78. The second kappa shape index (κ2) is 9.31. The summed E-state index contributed by atoms with van der Waals surface area (Å²) in [6, 6.07) is 10.6. The van der Waals surface area contributed by atoms with E-state index in [0.717, 1.165) is 10.8 Å². The van der Waals surface area contributed by atoms with E-state index >= 15 is 0 Å². The first-order chi connectivity index (χ1) is 17.3. The molecule has 1 aromatic heterocycles. The number of pyridine rings is 1. The van der Waals surface area contributed by atoms with Crippen LogP contribution >= 0.6 is 33.8 Å². The Morgan fingerprint density at radius 3 is 2.50 bits per heavy atom. The summed E-state index contributed by atoms with van der Waals surface area (Å²) < 4.78 is 17.2. The SMILES string of the molecule is CCCN(C1=NC(c2ccc(Cl)cc2Cl)=C(C)S12OC(=O)C(=O)O2)c1c(OC)ccc2cnccc12. The topological polar surface area (TPSA) is 90.3 Å². The zero-order chi connectivity index (χ0) is 25.6. The number of aromatic nitrogens is 1. The van der Waals surface area contributed by atoms with E-state index in [2.05, 4.69) is 4.98 Å². The lowest BCUT2D eigenvalue weighted by atomic mass is 10.1. The van der Waals surface area contributed by atoms with Gasteiger partial charge in [-0.25, -0.2) is 14.6 Å². The summed E-state index contributed by atoms with van der Waals surface area (Å²) in [4.78, 5) is 36.3. The summed E-state index contributed by atoms with van der Waals surface area (Å²) in [5, 5.41) is 2.85.